The van der Waals surface area contributed by atoms with Crippen LogP contribution in [0.5, 0.6) is 0 Å². The van der Waals surface area contributed by atoms with Crippen molar-refractivity contribution in [1.29, 1.82) is 0 Å². The monoisotopic (exact) mass is 199 g/mol. The van der Waals surface area contributed by atoms with Gasteiger partial charge in [-0.25, -0.2) is 0 Å². The Hall–Kier alpha value is -0.800. The zero-order valence-electron chi connectivity index (χ0n) is 7.49. The van der Waals surface area contributed by atoms with Crippen molar-refractivity contribution in [3.63, 3.8) is 0 Å². The Balaban J connectivity index is 1.96. The third-order valence-electron chi connectivity index (χ3n) is 1.65. The molecular weight excluding hydrogens is 186 g/mol. The van der Waals surface area contributed by atoms with E-state index < -0.39 is 0 Å². The average molecular weight is 200 g/mol. The Kier molecular flexibility index (Phi) is 5.29. The number of aromatic nitrogens is 2. The summed E-state index contributed by atoms with van der Waals surface area (Å²) in [5.74, 6) is 0. The Morgan fingerprint density at radius 1 is 1.54 bits per heavy atom. The summed E-state index contributed by atoms with van der Waals surface area (Å²) >= 11 is 5.36. The first-order valence-corrected chi connectivity index (χ1v) is 4.80. The molecule has 0 aliphatic heterocycles. The molecule has 0 aliphatic carbocycles. The van der Waals surface area contributed by atoms with Crippen LogP contribution >= 0.6 is 11.6 Å². The Labute approximate surface area is 83.4 Å². The SMILES string of the molecule is Cl/C=C/CNCCCn1cccn1. The molecule has 1 N–H and O–H groups in total. The molecule has 0 fully saturated rings. The fraction of sp³-hybridized carbons (Fsp3) is 0.444. The summed E-state index contributed by atoms with van der Waals surface area (Å²) in [5, 5.41) is 7.34. The number of hydrogen-bond acceptors (Lipinski definition) is 2. The van der Waals surface area contributed by atoms with E-state index in [0.29, 0.717) is 0 Å². The van der Waals surface area contributed by atoms with E-state index in [-0.39, 0.29) is 0 Å². The largest absolute Gasteiger partial charge is 0.313 e. The van der Waals surface area contributed by atoms with Gasteiger partial charge in [0.25, 0.3) is 0 Å². The molecule has 0 bridgehead atoms. The van der Waals surface area contributed by atoms with Gasteiger partial charge in [0.2, 0.25) is 0 Å². The van der Waals surface area contributed by atoms with Crippen LogP contribution in [-0.4, -0.2) is 22.9 Å². The minimum Gasteiger partial charge on any atom is -0.313 e. The fourth-order valence-corrected chi connectivity index (χ4v) is 1.12. The molecule has 0 aliphatic rings. The van der Waals surface area contributed by atoms with E-state index in [1.807, 2.05) is 23.0 Å². The minimum absolute atomic E-state index is 0.836. The zero-order valence-corrected chi connectivity index (χ0v) is 8.24. The van der Waals surface area contributed by atoms with Crippen molar-refractivity contribution >= 4 is 11.6 Å². The highest BCUT2D eigenvalue weighted by Crippen LogP contribution is 1.87. The second kappa shape index (κ2) is 6.69. The molecule has 1 aromatic heterocycles. The van der Waals surface area contributed by atoms with Crippen LogP contribution < -0.4 is 5.32 Å². The molecule has 0 aromatic carbocycles. The maximum atomic E-state index is 5.36. The van der Waals surface area contributed by atoms with E-state index in [1.54, 1.807) is 6.20 Å². The molecule has 0 saturated heterocycles. The lowest BCUT2D eigenvalue weighted by molar-refractivity contribution is 0.555. The van der Waals surface area contributed by atoms with Gasteiger partial charge in [-0.3, -0.25) is 4.68 Å². The second-order valence-corrected chi connectivity index (χ2v) is 2.94. The van der Waals surface area contributed by atoms with Crippen LogP contribution in [0.25, 0.3) is 0 Å². The predicted octanol–water partition coefficient (Wildman–Crippen LogP) is 1.62. The van der Waals surface area contributed by atoms with Gasteiger partial charge in [-0.15, -0.1) is 0 Å². The van der Waals surface area contributed by atoms with Crippen molar-refractivity contribution in [2.24, 2.45) is 0 Å². The number of halogens is 1. The normalized spacial score (nSPS) is 11.2. The maximum Gasteiger partial charge on any atom is 0.0489 e. The first-order chi connectivity index (χ1) is 6.43. The van der Waals surface area contributed by atoms with Crippen LogP contribution in [0.15, 0.2) is 30.1 Å². The molecule has 0 amide bonds. The third kappa shape index (κ3) is 4.70. The number of nitrogens with one attached hydrogen (secondary N) is 1. The molecule has 0 unspecified atom stereocenters. The van der Waals surface area contributed by atoms with Gasteiger partial charge >= 0.3 is 0 Å². The Morgan fingerprint density at radius 3 is 3.15 bits per heavy atom. The zero-order chi connectivity index (χ0) is 9.36. The molecule has 1 aromatic rings. The van der Waals surface area contributed by atoms with E-state index in [1.165, 1.54) is 5.54 Å². The van der Waals surface area contributed by atoms with Crippen LogP contribution in [0.3, 0.4) is 0 Å². The summed E-state index contributed by atoms with van der Waals surface area (Å²) in [6.45, 7) is 2.79. The van der Waals surface area contributed by atoms with Crippen molar-refractivity contribution in [1.82, 2.24) is 15.1 Å². The van der Waals surface area contributed by atoms with Crippen molar-refractivity contribution in [2.45, 2.75) is 13.0 Å². The summed E-state index contributed by atoms with van der Waals surface area (Å²) in [6.07, 6.45) is 6.73. The Morgan fingerprint density at radius 2 is 2.46 bits per heavy atom. The molecule has 1 heterocycles. The maximum absolute atomic E-state index is 5.36. The van der Waals surface area contributed by atoms with Gasteiger partial charge in [0.1, 0.15) is 0 Å². The quantitative estimate of drug-likeness (QED) is 0.706. The van der Waals surface area contributed by atoms with Gasteiger partial charge in [0, 0.05) is 31.0 Å². The summed E-state index contributed by atoms with van der Waals surface area (Å²) in [7, 11) is 0. The molecule has 1 rings (SSSR count). The second-order valence-electron chi connectivity index (χ2n) is 2.69. The summed E-state index contributed by atoms with van der Waals surface area (Å²) in [6, 6.07) is 1.93. The fourth-order valence-electron chi connectivity index (χ4n) is 1.03. The summed E-state index contributed by atoms with van der Waals surface area (Å²) in [4.78, 5) is 0. The smallest absolute Gasteiger partial charge is 0.0489 e. The van der Waals surface area contributed by atoms with Gasteiger partial charge in [0.05, 0.1) is 0 Å². The van der Waals surface area contributed by atoms with E-state index in [0.717, 1.165) is 26.1 Å². The topological polar surface area (TPSA) is 29.9 Å². The van der Waals surface area contributed by atoms with E-state index in [2.05, 4.69) is 10.4 Å². The molecule has 72 valence electrons. The van der Waals surface area contributed by atoms with Crippen molar-refractivity contribution in [3.05, 3.63) is 30.1 Å². The third-order valence-corrected chi connectivity index (χ3v) is 1.83. The van der Waals surface area contributed by atoms with Gasteiger partial charge in [-0.2, -0.15) is 5.10 Å². The Bertz CT molecular complexity index is 231. The highest BCUT2D eigenvalue weighted by atomic mass is 35.5. The lowest BCUT2D eigenvalue weighted by Gasteiger charge is -2.01. The number of nitrogens with zero attached hydrogens (tertiary/aromatic N) is 2. The van der Waals surface area contributed by atoms with E-state index >= 15 is 0 Å². The van der Waals surface area contributed by atoms with Crippen LogP contribution in [0.1, 0.15) is 6.42 Å². The lowest BCUT2D eigenvalue weighted by Crippen LogP contribution is -2.16. The minimum atomic E-state index is 0.836. The number of hydrogen-bond donors (Lipinski definition) is 1. The van der Waals surface area contributed by atoms with Crippen LogP contribution in [0.4, 0.5) is 0 Å². The lowest BCUT2D eigenvalue weighted by atomic mass is 10.4. The number of rotatable bonds is 6. The van der Waals surface area contributed by atoms with Crippen LogP contribution in [0, 0.1) is 0 Å². The molecule has 3 nitrogen and oxygen atoms in total. The molecule has 4 heteroatoms. The van der Waals surface area contributed by atoms with Gasteiger partial charge in [-0.1, -0.05) is 17.7 Å². The van der Waals surface area contributed by atoms with Gasteiger partial charge in [0.15, 0.2) is 0 Å². The van der Waals surface area contributed by atoms with Crippen molar-refractivity contribution in [3.8, 4) is 0 Å². The molecule has 13 heavy (non-hydrogen) atoms. The van der Waals surface area contributed by atoms with Crippen molar-refractivity contribution in [2.75, 3.05) is 13.1 Å². The first-order valence-electron chi connectivity index (χ1n) is 4.37. The number of aryl methyl sites for hydroxylation is 1. The average Bonchev–Trinajstić information content (AvgIpc) is 2.63. The van der Waals surface area contributed by atoms with E-state index in [4.69, 9.17) is 11.6 Å². The standard InChI is InChI=1S/C9H14ClN3/c10-4-1-5-11-6-2-8-13-9-3-7-12-13/h1,3-4,7,9,11H,2,5-6,8H2/b4-1+. The van der Waals surface area contributed by atoms with Gasteiger partial charge < -0.3 is 5.32 Å². The van der Waals surface area contributed by atoms with Crippen LogP contribution in [0.2, 0.25) is 0 Å². The molecule has 0 atom stereocenters. The summed E-state index contributed by atoms with van der Waals surface area (Å²) < 4.78 is 1.93. The molecule has 0 spiro atoms. The molecule has 0 saturated carbocycles. The highest BCUT2D eigenvalue weighted by molar-refractivity contribution is 6.25. The molecule has 0 radical (unpaired) electrons. The van der Waals surface area contributed by atoms with Crippen molar-refractivity contribution < 1.29 is 0 Å². The highest BCUT2D eigenvalue weighted by Gasteiger charge is 1.89. The van der Waals surface area contributed by atoms with Gasteiger partial charge in [-0.05, 0) is 19.0 Å². The van der Waals surface area contributed by atoms with Crippen LogP contribution in [-0.2, 0) is 6.54 Å². The molecular formula is C9H14ClN3. The van der Waals surface area contributed by atoms with E-state index in [9.17, 15) is 0 Å². The first kappa shape index (κ1) is 10.3. The summed E-state index contributed by atoms with van der Waals surface area (Å²) in [5.41, 5.74) is 1.53. The predicted molar refractivity (Wildman–Crippen MR) is 54.7 cm³/mol.